The van der Waals surface area contributed by atoms with Gasteiger partial charge in [0.2, 0.25) is 0 Å². The zero-order valence-electron chi connectivity index (χ0n) is 14.7. The predicted molar refractivity (Wildman–Crippen MR) is 94.6 cm³/mol. The Bertz CT molecular complexity index is 952. The molecule has 0 bridgehead atoms. The highest BCUT2D eigenvalue weighted by atomic mass is 19.4. The summed E-state index contributed by atoms with van der Waals surface area (Å²) in [4.78, 5) is 21.4. The Kier molecular flexibility index (Phi) is 4.05. The minimum Gasteiger partial charge on any atom is -0.372 e. The number of nitrogens with one attached hydrogen (secondary N) is 1. The number of halogens is 3. The highest BCUT2D eigenvalue weighted by Crippen LogP contribution is 2.46. The number of amidine groups is 1. The Balaban J connectivity index is 2.06. The van der Waals surface area contributed by atoms with E-state index >= 15 is 0 Å². The molecule has 4 nitrogen and oxygen atoms in total. The van der Waals surface area contributed by atoms with Gasteiger partial charge in [0.15, 0.2) is 0 Å². The molecule has 1 aromatic carbocycles. The van der Waals surface area contributed by atoms with Crippen LogP contribution in [0.25, 0.3) is 0 Å². The van der Waals surface area contributed by atoms with E-state index in [1.54, 1.807) is 7.05 Å². The highest BCUT2D eigenvalue weighted by Gasteiger charge is 2.50. The Morgan fingerprint density at radius 1 is 1.11 bits per heavy atom. The number of pyridine rings is 1. The first-order chi connectivity index (χ1) is 12.9. The van der Waals surface area contributed by atoms with Gasteiger partial charge in [0.1, 0.15) is 16.9 Å². The van der Waals surface area contributed by atoms with Gasteiger partial charge in [-0.25, -0.2) is 4.98 Å². The molecular weight excluding hydrogens is 355 g/mol. The van der Waals surface area contributed by atoms with E-state index in [-0.39, 0.29) is 11.5 Å². The van der Waals surface area contributed by atoms with E-state index in [2.05, 4.69) is 15.3 Å². The summed E-state index contributed by atoms with van der Waals surface area (Å²) in [6.07, 6.45) is -1.84. The van der Waals surface area contributed by atoms with Crippen molar-refractivity contribution in [2.75, 3.05) is 7.05 Å². The molecule has 1 spiro atoms. The van der Waals surface area contributed by atoms with Gasteiger partial charge in [-0.3, -0.25) is 4.79 Å². The summed E-state index contributed by atoms with van der Waals surface area (Å²) in [5, 5.41) is 2.82. The van der Waals surface area contributed by atoms with Crippen molar-refractivity contribution in [1.82, 2.24) is 10.3 Å². The van der Waals surface area contributed by atoms with Crippen LogP contribution < -0.4 is 5.32 Å². The van der Waals surface area contributed by atoms with Crippen LogP contribution >= 0.6 is 0 Å². The SMILES string of the molecule is CNC1=NC(=O)C2(CCCCc3ccccc32)c2nc(C(F)(F)F)ccc21. The molecule has 140 valence electrons. The predicted octanol–water partition coefficient (Wildman–Crippen LogP) is 3.62. The summed E-state index contributed by atoms with van der Waals surface area (Å²) < 4.78 is 40.1. The minimum absolute atomic E-state index is 0.149. The normalized spacial score (nSPS) is 21.9. The second-order valence-corrected chi connectivity index (χ2v) is 6.88. The van der Waals surface area contributed by atoms with Crippen molar-refractivity contribution in [3.63, 3.8) is 0 Å². The summed E-state index contributed by atoms with van der Waals surface area (Å²) in [6.45, 7) is 0. The lowest BCUT2D eigenvalue weighted by Gasteiger charge is -2.36. The van der Waals surface area contributed by atoms with E-state index in [0.717, 1.165) is 30.0 Å². The van der Waals surface area contributed by atoms with Crippen LogP contribution in [-0.4, -0.2) is 23.8 Å². The van der Waals surface area contributed by atoms with Gasteiger partial charge in [0.25, 0.3) is 5.91 Å². The average Bonchev–Trinajstić information content (AvgIpc) is 2.84. The maximum atomic E-state index is 13.4. The number of alkyl halides is 3. The van der Waals surface area contributed by atoms with Crippen molar-refractivity contribution in [3.8, 4) is 0 Å². The number of carbonyl (C=O) groups excluding carboxylic acids is 1. The van der Waals surface area contributed by atoms with Crippen molar-refractivity contribution >= 4 is 11.7 Å². The highest BCUT2D eigenvalue weighted by molar-refractivity contribution is 6.13. The van der Waals surface area contributed by atoms with Gasteiger partial charge in [-0.15, -0.1) is 0 Å². The van der Waals surface area contributed by atoms with E-state index in [1.807, 2.05) is 24.3 Å². The first-order valence-corrected chi connectivity index (χ1v) is 8.86. The van der Waals surface area contributed by atoms with Gasteiger partial charge >= 0.3 is 6.18 Å². The topological polar surface area (TPSA) is 54.4 Å². The summed E-state index contributed by atoms with van der Waals surface area (Å²) in [5.74, 6) is -0.205. The summed E-state index contributed by atoms with van der Waals surface area (Å²) >= 11 is 0. The fourth-order valence-electron chi connectivity index (χ4n) is 4.15. The third-order valence-corrected chi connectivity index (χ3v) is 5.39. The molecule has 1 N–H and O–H groups in total. The van der Waals surface area contributed by atoms with Gasteiger partial charge in [0, 0.05) is 12.6 Å². The molecule has 0 saturated carbocycles. The molecular formula is C20H18F3N3O. The van der Waals surface area contributed by atoms with Crippen molar-refractivity contribution in [1.29, 1.82) is 0 Å². The zero-order chi connectivity index (χ0) is 19.2. The Morgan fingerprint density at radius 2 is 1.89 bits per heavy atom. The molecule has 2 aromatic rings. The van der Waals surface area contributed by atoms with E-state index in [0.29, 0.717) is 18.4 Å². The summed E-state index contributed by atoms with van der Waals surface area (Å²) in [5.41, 5.74) is 0.0192. The van der Waals surface area contributed by atoms with Crippen LogP contribution in [0.2, 0.25) is 0 Å². The fraction of sp³-hybridized carbons (Fsp3) is 0.350. The lowest BCUT2D eigenvalue weighted by atomic mass is 9.69. The largest absolute Gasteiger partial charge is 0.433 e. The molecule has 1 unspecified atom stereocenters. The standard InChI is InChI=1S/C20H18F3N3O/c1-24-17-13-9-10-15(20(21,22)23)25-16(13)19(18(27)26-17)11-5-4-7-12-6-2-3-8-14(12)19/h2-3,6,8-10H,4-5,7,11H2,1H3,(H,24,26,27). The monoisotopic (exact) mass is 373 g/mol. The van der Waals surface area contributed by atoms with Crippen LogP contribution in [0.1, 0.15) is 47.3 Å². The van der Waals surface area contributed by atoms with E-state index < -0.39 is 23.2 Å². The van der Waals surface area contributed by atoms with Crippen molar-refractivity contribution in [3.05, 3.63) is 64.5 Å². The van der Waals surface area contributed by atoms with Crippen molar-refractivity contribution < 1.29 is 18.0 Å². The lowest BCUT2D eigenvalue weighted by molar-refractivity contribution is -0.141. The Labute approximate surface area is 154 Å². The molecule has 1 aliphatic carbocycles. The number of hydrogen-bond acceptors (Lipinski definition) is 3. The maximum Gasteiger partial charge on any atom is 0.433 e. The quantitative estimate of drug-likeness (QED) is 0.767. The number of aromatic nitrogens is 1. The van der Waals surface area contributed by atoms with Crippen LogP contribution in [0.5, 0.6) is 0 Å². The number of amides is 1. The number of fused-ring (bicyclic) bond motifs is 4. The third-order valence-electron chi connectivity index (χ3n) is 5.39. The van der Waals surface area contributed by atoms with E-state index in [9.17, 15) is 18.0 Å². The first kappa shape index (κ1) is 17.7. The molecule has 1 aliphatic heterocycles. The van der Waals surface area contributed by atoms with E-state index in [1.165, 1.54) is 6.07 Å². The Morgan fingerprint density at radius 3 is 2.63 bits per heavy atom. The molecule has 2 heterocycles. The molecule has 27 heavy (non-hydrogen) atoms. The van der Waals surface area contributed by atoms with Crippen molar-refractivity contribution in [2.45, 2.75) is 37.3 Å². The minimum atomic E-state index is -4.59. The average molecular weight is 373 g/mol. The summed E-state index contributed by atoms with van der Waals surface area (Å²) in [7, 11) is 1.59. The molecule has 1 aromatic heterocycles. The summed E-state index contributed by atoms with van der Waals surface area (Å²) in [6, 6.07) is 9.75. The molecule has 0 saturated heterocycles. The van der Waals surface area contributed by atoms with Gasteiger partial charge < -0.3 is 5.32 Å². The number of aryl methyl sites for hydroxylation is 1. The van der Waals surface area contributed by atoms with Gasteiger partial charge in [-0.2, -0.15) is 18.2 Å². The molecule has 1 amide bonds. The van der Waals surface area contributed by atoms with Crippen LogP contribution in [0.15, 0.2) is 41.4 Å². The molecule has 4 rings (SSSR count). The fourth-order valence-corrected chi connectivity index (χ4v) is 4.15. The number of aliphatic imine (C=N–C) groups is 1. The number of benzene rings is 1. The molecule has 0 radical (unpaired) electrons. The van der Waals surface area contributed by atoms with Gasteiger partial charge in [0.05, 0.1) is 5.69 Å². The van der Waals surface area contributed by atoms with Crippen LogP contribution in [-0.2, 0) is 22.8 Å². The van der Waals surface area contributed by atoms with Gasteiger partial charge in [-0.1, -0.05) is 30.7 Å². The molecule has 2 aliphatic rings. The molecule has 1 atom stereocenters. The van der Waals surface area contributed by atoms with E-state index in [4.69, 9.17) is 0 Å². The zero-order valence-corrected chi connectivity index (χ0v) is 14.7. The van der Waals surface area contributed by atoms with Crippen molar-refractivity contribution in [2.24, 2.45) is 4.99 Å². The third kappa shape index (κ3) is 2.64. The number of nitrogens with zero attached hydrogens (tertiary/aromatic N) is 2. The molecule has 7 heteroatoms. The lowest BCUT2D eigenvalue weighted by Crippen LogP contribution is -2.45. The van der Waals surface area contributed by atoms with Crippen LogP contribution in [0.4, 0.5) is 13.2 Å². The Hall–Kier alpha value is -2.70. The number of hydrogen-bond donors (Lipinski definition) is 1. The first-order valence-electron chi connectivity index (χ1n) is 8.86. The number of rotatable bonds is 0. The maximum absolute atomic E-state index is 13.4. The second-order valence-electron chi connectivity index (χ2n) is 6.88. The number of carbonyl (C=O) groups is 1. The van der Waals surface area contributed by atoms with Crippen LogP contribution in [0, 0.1) is 0 Å². The smallest absolute Gasteiger partial charge is 0.372 e. The second kappa shape index (κ2) is 6.18. The molecule has 0 fully saturated rings. The van der Waals surface area contributed by atoms with Crippen LogP contribution in [0.3, 0.4) is 0 Å². The van der Waals surface area contributed by atoms with Gasteiger partial charge in [-0.05, 0) is 42.5 Å².